The van der Waals surface area contributed by atoms with Crippen LogP contribution >= 0.6 is 11.3 Å². The maximum Gasteiger partial charge on any atom is 0.279 e. The lowest BCUT2D eigenvalue weighted by Crippen LogP contribution is -2.34. The van der Waals surface area contributed by atoms with Gasteiger partial charge in [-0.25, -0.2) is 0 Å². The van der Waals surface area contributed by atoms with Gasteiger partial charge in [-0.2, -0.15) is 15.0 Å². The first-order valence-corrected chi connectivity index (χ1v) is 9.48. The number of aryl methyl sites for hydroxylation is 1. The van der Waals surface area contributed by atoms with Crippen LogP contribution in [0.2, 0.25) is 0 Å². The summed E-state index contributed by atoms with van der Waals surface area (Å²) in [5, 5.41) is 24.2. The number of benzene rings is 1. The van der Waals surface area contributed by atoms with Crippen molar-refractivity contribution in [3.8, 4) is 16.5 Å². The van der Waals surface area contributed by atoms with E-state index >= 15 is 0 Å². The van der Waals surface area contributed by atoms with Gasteiger partial charge in [0.25, 0.3) is 5.56 Å². The zero-order valence-corrected chi connectivity index (χ0v) is 16.3. The number of hydrogen-bond donors (Lipinski definition) is 1. The molecule has 0 radical (unpaired) electrons. The molecule has 0 fully saturated rings. The number of carbonyl (C=O) groups is 1. The van der Waals surface area contributed by atoms with Crippen molar-refractivity contribution >= 4 is 33.3 Å². The van der Waals surface area contributed by atoms with Crippen LogP contribution in [0, 0.1) is 11.3 Å². The van der Waals surface area contributed by atoms with E-state index in [2.05, 4.69) is 20.7 Å². The van der Waals surface area contributed by atoms with E-state index in [9.17, 15) is 9.59 Å². The SMILES string of the molecule is CC(C(=O)Nc1c(C#N)cnn1C)n1nnc2sc(-c3ccccc3)cc2c1=O. The van der Waals surface area contributed by atoms with Crippen LogP contribution in [0.1, 0.15) is 18.5 Å². The number of thiophene rings is 1. The summed E-state index contributed by atoms with van der Waals surface area (Å²) in [6.45, 7) is 1.55. The molecule has 0 saturated heterocycles. The smallest absolute Gasteiger partial charge is 0.279 e. The fourth-order valence-electron chi connectivity index (χ4n) is 2.86. The Hall–Kier alpha value is -3.84. The Labute approximate surface area is 168 Å². The molecule has 29 heavy (non-hydrogen) atoms. The second-order valence-electron chi connectivity index (χ2n) is 6.34. The average Bonchev–Trinajstić information content (AvgIpc) is 3.33. The van der Waals surface area contributed by atoms with Crippen LogP contribution in [-0.2, 0) is 11.8 Å². The van der Waals surface area contributed by atoms with Gasteiger partial charge >= 0.3 is 0 Å². The third kappa shape index (κ3) is 3.28. The molecular formula is C19H15N7O2S. The lowest BCUT2D eigenvalue weighted by molar-refractivity contribution is -0.119. The summed E-state index contributed by atoms with van der Waals surface area (Å²) in [6.07, 6.45) is 1.36. The number of hydrogen-bond acceptors (Lipinski definition) is 7. The van der Waals surface area contributed by atoms with Crippen molar-refractivity contribution in [1.29, 1.82) is 5.26 Å². The van der Waals surface area contributed by atoms with E-state index in [4.69, 9.17) is 5.26 Å². The number of amides is 1. The highest BCUT2D eigenvalue weighted by atomic mass is 32.1. The predicted molar refractivity (Wildman–Crippen MR) is 108 cm³/mol. The molecule has 1 unspecified atom stereocenters. The van der Waals surface area contributed by atoms with Crippen molar-refractivity contribution in [3.05, 3.63) is 58.5 Å². The topological polar surface area (TPSA) is 118 Å². The van der Waals surface area contributed by atoms with E-state index < -0.39 is 17.5 Å². The van der Waals surface area contributed by atoms with E-state index in [1.54, 1.807) is 20.0 Å². The second kappa shape index (κ2) is 7.29. The van der Waals surface area contributed by atoms with Gasteiger partial charge in [0.1, 0.15) is 23.5 Å². The van der Waals surface area contributed by atoms with E-state index in [1.165, 1.54) is 22.2 Å². The van der Waals surface area contributed by atoms with Gasteiger partial charge < -0.3 is 5.32 Å². The zero-order chi connectivity index (χ0) is 20.5. The molecule has 0 bridgehead atoms. The maximum atomic E-state index is 12.9. The predicted octanol–water partition coefficient (Wildman–Crippen LogP) is 2.32. The fourth-order valence-corrected chi connectivity index (χ4v) is 3.83. The fraction of sp³-hybridized carbons (Fsp3) is 0.158. The van der Waals surface area contributed by atoms with Crippen molar-refractivity contribution in [2.45, 2.75) is 13.0 Å². The summed E-state index contributed by atoms with van der Waals surface area (Å²) in [6, 6.07) is 12.5. The first-order valence-electron chi connectivity index (χ1n) is 8.67. The highest BCUT2D eigenvalue weighted by molar-refractivity contribution is 7.21. The van der Waals surface area contributed by atoms with Crippen molar-refractivity contribution in [3.63, 3.8) is 0 Å². The summed E-state index contributed by atoms with van der Waals surface area (Å²) in [7, 11) is 1.61. The summed E-state index contributed by atoms with van der Waals surface area (Å²) < 4.78 is 2.42. The van der Waals surface area contributed by atoms with Gasteiger partial charge in [0, 0.05) is 11.9 Å². The van der Waals surface area contributed by atoms with Crippen LogP contribution in [-0.4, -0.2) is 30.7 Å². The number of aromatic nitrogens is 5. The average molecular weight is 405 g/mol. The Bertz CT molecular complexity index is 1310. The van der Waals surface area contributed by atoms with E-state index in [0.717, 1.165) is 15.1 Å². The van der Waals surface area contributed by atoms with Crippen LogP contribution in [0.5, 0.6) is 0 Å². The third-order valence-corrected chi connectivity index (χ3v) is 5.56. The van der Waals surface area contributed by atoms with Gasteiger partial charge in [-0.3, -0.25) is 14.3 Å². The molecule has 3 aromatic heterocycles. The quantitative estimate of drug-likeness (QED) is 0.557. The lowest BCUT2D eigenvalue weighted by atomic mass is 10.2. The number of nitrogens with zero attached hydrogens (tertiary/aromatic N) is 6. The van der Waals surface area contributed by atoms with E-state index in [0.29, 0.717) is 10.2 Å². The standard InChI is InChI=1S/C19H15N7O2S/c1-11(17(27)22-16-13(9-20)10-21-25(16)2)26-19(28)14-8-15(29-18(14)23-24-26)12-6-4-3-5-7-12/h3-8,10-11H,1-2H3,(H,22,27). The van der Waals surface area contributed by atoms with Crippen LogP contribution in [0.4, 0.5) is 5.82 Å². The molecule has 9 nitrogen and oxygen atoms in total. The molecule has 0 aliphatic carbocycles. The van der Waals surface area contributed by atoms with Gasteiger partial charge in [-0.15, -0.1) is 16.4 Å². The molecule has 10 heteroatoms. The minimum absolute atomic E-state index is 0.229. The summed E-state index contributed by atoms with van der Waals surface area (Å²) in [5.74, 6) is -0.243. The Morgan fingerprint density at radius 2 is 2.07 bits per heavy atom. The second-order valence-corrected chi connectivity index (χ2v) is 7.37. The molecule has 1 atom stereocenters. The van der Waals surface area contributed by atoms with Gasteiger partial charge in [-0.1, -0.05) is 35.5 Å². The van der Waals surface area contributed by atoms with E-state index in [1.807, 2.05) is 36.4 Å². The van der Waals surface area contributed by atoms with Crippen molar-refractivity contribution in [1.82, 2.24) is 24.8 Å². The Kier molecular flexibility index (Phi) is 4.66. The number of carbonyl (C=O) groups excluding carboxylic acids is 1. The van der Waals surface area contributed by atoms with Crippen molar-refractivity contribution < 1.29 is 4.79 Å². The summed E-state index contributed by atoms with van der Waals surface area (Å²) in [4.78, 5) is 27.0. The number of nitrogens with one attached hydrogen (secondary N) is 1. The Morgan fingerprint density at radius 1 is 1.31 bits per heavy atom. The van der Waals surface area contributed by atoms with E-state index in [-0.39, 0.29) is 11.4 Å². The molecule has 0 aliphatic rings. The van der Waals surface area contributed by atoms with Crippen LogP contribution in [0.15, 0.2) is 47.4 Å². The molecule has 1 amide bonds. The molecule has 1 aromatic carbocycles. The Balaban J connectivity index is 1.67. The van der Waals surface area contributed by atoms with Gasteiger partial charge in [0.15, 0.2) is 4.83 Å². The molecule has 144 valence electrons. The van der Waals surface area contributed by atoms with Crippen LogP contribution in [0.3, 0.4) is 0 Å². The maximum absolute atomic E-state index is 12.9. The van der Waals surface area contributed by atoms with Gasteiger partial charge in [0.2, 0.25) is 5.91 Å². The molecule has 3 heterocycles. The van der Waals surface area contributed by atoms with Crippen molar-refractivity contribution in [2.24, 2.45) is 7.05 Å². The normalized spacial score (nSPS) is 11.9. The highest BCUT2D eigenvalue weighted by Gasteiger charge is 2.22. The van der Waals surface area contributed by atoms with Gasteiger partial charge in [0.05, 0.1) is 11.6 Å². The third-order valence-electron chi connectivity index (χ3n) is 4.49. The largest absolute Gasteiger partial charge is 0.308 e. The number of rotatable bonds is 4. The minimum Gasteiger partial charge on any atom is -0.308 e. The first-order chi connectivity index (χ1) is 14.0. The number of fused-ring (bicyclic) bond motifs is 1. The molecule has 4 rings (SSSR count). The number of anilines is 1. The lowest BCUT2D eigenvalue weighted by Gasteiger charge is -2.13. The number of nitriles is 1. The van der Waals surface area contributed by atoms with Crippen molar-refractivity contribution in [2.75, 3.05) is 5.32 Å². The summed E-state index contributed by atoms with van der Waals surface area (Å²) in [5.41, 5.74) is 0.807. The molecule has 0 saturated carbocycles. The van der Waals surface area contributed by atoms with Gasteiger partial charge in [-0.05, 0) is 18.6 Å². The molecule has 4 aromatic rings. The first kappa shape index (κ1) is 18.5. The molecule has 1 N–H and O–H groups in total. The minimum atomic E-state index is -0.930. The highest BCUT2D eigenvalue weighted by Crippen LogP contribution is 2.30. The molecule has 0 spiro atoms. The molecular weight excluding hydrogens is 390 g/mol. The monoisotopic (exact) mass is 405 g/mol. The Morgan fingerprint density at radius 3 is 2.79 bits per heavy atom. The van der Waals surface area contributed by atoms with Crippen LogP contribution in [0.25, 0.3) is 20.7 Å². The summed E-state index contributed by atoms with van der Waals surface area (Å²) >= 11 is 1.37. The molecule has 0 aliphatic heterocycles. The zero-order valence-electron chi connectivity index (χ0n) is 15.5. The van der Waals surface area contributed by atoms with Crippen LogP contribution < -0.4 is 10.9 Å².